The molecule has 1 fully saturated rings. The van der Waals surface area contributed by atoms with Crippen LogP contribution in [0.5, 0.6) is 5.88 Å². The molecule has 0 radical (unpaired) electrons. The molecule has 2 aromatic heterocycles. The van der Waals surface area contributed by atoms with Crippen molar-refractivity contribution >= 4 is 28.3 Å². The van der Waals surface area contributed by atoms with E-state index in [9.17, 15) is 13.2 Å². The summed E-state index contributed by atoms with van der Waals surface area (Å²) in [6, 6.07) is 4.51. The van der Waals surface area contributed by atoms with Crippen molar-refractivity contribution in [2.75, 3.05) is 6.61 Å². The van der Waals surface area contributed by atoms with Crippen molar-refractivity contribution in [1.82, 2.24) is 19.6 Å². The monoisotopic (exact) mass is 342 g/mol. The van der Waals surface area contributed by atoms with Gasteiger partial charge in [-0.3, -0.25) is 4.40 Å². The van der Waals surface area contributed by atoms with Crippen LogP contribution in [0.3, 0.4) is 0 Å². The summed E-state index contributed by atoms with van der Waals surface area (Å²) in [4.78, 5) is 4.27. The van der Waals surface area contributed by atoms with Gasteiger partial charge in [-0.1, -0.05) is 11.6 Å². The van der Waals surface area contributed by atoms with Crippen molar-refractivity contribution in [1.29, 1.82) is 0 Å². The van der Waals surface area contributed by atoms with E-state index in [1.165, 1.54) is 6.07 Å². The third-order valence-electron chi connectivity index (χ3n) is 3.66. The summed E-state index contributed by atoms with van der Waals surface area (Å²) in [6.45, 7) is 0.413. The molecule has 1 aromatic carbocycles. The molecule has 0 spiro atoms. The first-order valence-corrected chi connectivity index (χ1v) is 7.35. The molecule has 0 amide bonds. The number of aromatic nitrogens is 4. The lowest BCUT2D eigenvalue weighted by molar-refractivity contribution is -0.145. The van der Waals surface area contributed by atoms with Crippen LogP contribution in [0.1, 0.15) is 18.7 Å². The largest absolute Gasteiger partial charge is 0.475 e. The molecule has 4 rings (SSSR count). The van der Waals surface area contributed by atoms with Crippen molar-refractivity contribution in [2.45, 2.75) is 19.0 Å². The topological polar surface area (TPSA) is 52.3 Å². The maximum Gasteiger partial charge on any atom is 0.452 e. The minimum Gasteiger partial charge on any atom is -0.475 e. The van der Waals surface area contributed by atoms with E-state index < -0.39 is 12.0 Å². The van der Waals surface area contributed by atoms with Gasteiger partial charge in [0, 0.05) is 5.02 Å². The number of benzene rings is 1. The van der Waals surface area contributed by atoms with Crippen molar-refractivity contribution in [3.8, 4) is 5.88 Å². The number of ether oxygens (including phenoxy) is 1. The van der Waals surface area contributed by atoms with Crippen molar-refractivity contribution in [3.05, 3.63) is 29.0 Å². The summed E-state index contributed by atoms with van der Waals surface area (Å²) in [6.07, 6.45) is -2.54. The quantitative estimate of drug-likeness (QED) is 0.727. The van der Waals surface area contributed by atoms with Crippen LogP contribution in [0.4, 0.5) is 13.2 Å². The summed E-state index contributed by atoms with van der Waals surface area (Å²) in [5, 5.41) is 7.20. The number of hydrogen-bond donors (Lipinski definition) is 0. The molecule has 0 saturated heterocycles. The Bertz CT molecular complexity index is 904. The molecule has 0 aliphatic heterocycles. The smallest absolute Gasteiger partial charge is 0.452 e. The van der Waals surface area contributed by atoms with E-state index in [0.29, 0.717) is 23.1 Å². The summed E-state index contributed by atoms with van der Waals surface area (Å²) in [5.74, 6) is -0.643. The van der Waals surface area contributed by atoms with E-state index in [0.717, 1.165) is 17.2 Å². The molecule has 120 valence electrons. The molecule has 2 heterocycles. The van der Waals surface area contributed by atoms with Crippen LogP contribution in [0, 0.1) is 5.92 Å². The molecule has 0 atom stereocenters. The highest BCUT2D eigenvalue weighted by atomic mass is 35.5. The Balaban J connectivity index is 1.98. The second kappa shape index (κ2) is 4.95. The van der Waals surface area contributed by atoms with E-state index in [1.807, 2.05) is 0 Å². The Morgan fingerprint density at radius 3 is 2.74 bits per heavy atom. The van der Waals surface area contributed by atoms with Crippen molar-refractivity contribution in [2.24, 2.45) is 5.92 Å². The minimum atomic E-state index is -4.65. The third-order valence-corrected chi connectivity index (χ3v) is 3.90. The fourth-order valence-corrected chi connectivity index (χ4v) is 2.51. The molecule has 1 saturated carbocycles. The zero-order valence-electron chi connectivity index (χ0n) is 11.6. The highest BCUT2D eigenvalue weighted by Crippen LogP contribution is 2.34. The molecule has 0 bridgehead atoms. The van der Waals surface area contributed by atoms with Crippen molar-refractivity contribution in [3.63, 3.8) is 0 Å². The number of hydrogen-bond acceptors (Lipinski definition) is 4. The fraction of sp³-hybridized carbons (Fsp3) is 0.357. The summed E-state index contributed by atoms with van der Waals surface area (Å²) >= 11 is 5.91. The Morgan fingerprint density at radius 2 is 2.04 bits per heavy atom. The second-order valence-corrected chi connectivity index (χ2v) is 5.92. The van der Waals surface area contributed by atoms with Crippen LogP contribution in [0.25, 0.3) is 16.7 Å². The third kappa shape index (κ3) is 2.56. The minimum absolute atomic E-state index is 0.0507. The van der Waals surface area contributed by atoms with Gasteiger partial charge in [0.1, 0.15) is 0 Å². The first kappa shape index (κ1) is 14.5. The van der Waals surface area contributed by atoms with Crippen LogP contribution in [-0.2, 0) is 6.18 Å². The molecule has 9 heteroatoms. The van der Waals surface area contributed by atoms with E-state index in [-0.39, 0.29) is 17.0 Å². The highest BCUT2D eigenvalue weighted by Gasteiger charge is 2.38. The van der Waals surface area contributed by atoms with E-state index >= 15 is 0 Å². The van der Waals surface area contributed by atoms with Gasteiger partial charge in [0.25, 0.3) is 5.88 Å². The molecule has 0 unspecified atom stereocenters. The average Bonchev–Trinajstić information content (AvgIpc) is 3.19. The standard InChI is InChI=1S/C14H10ClF3N4O/c15-8-3-4-9-10(5-8)22-11(20-21-13(22)14(16,17)18)12(19-9)23-6-7-1-2-7/h3-5,7H,1-2,6H2. The molecule has 5 nitrogen and oxygen atoms in total. The number of rotatable bonds is 3. The number of nitrogens with zero attached hydrogens (tertiary/aromatic N) is 4. The molecule has 1 aliphatic rings. The number of alkyl halides is 3. The Kier molecular flexibility index (Phi) is 3.12. The van der Waals surface area contributed by atoms with E-state index in [2.05, 4.69) is 15.2 Å². The van der Waals surface area contributed by atoms with Gasteiger partial charge in [-0.05, 0) is 37.0 Å². The zero-order valence-corrected chi connectivity index (χ0v) is 12.4. The predicted molar refractivity (Wildman–Crippen MR) is 76.5 cm³/mol. The lowest BCUT2D eigenvalue weighted by atomic mass is 10.3. The lowest BCUT2D eigenvalue weighted by Gasteiger charge is -2.10. The van der Waals surface area contributed by atoms with Gasteiger partial charge >= 0.3 is 6.18 Å². The van der Waals surface area contributed by atoms with Crippen LogP contribution < -0.4 is 4.74 Å². The Hall–Kier alpha value is -2.09. The highest BCUT2D eigenvalue weighted by molar-refractivity contribution is 6.31. The molecule has 23 heavy (non-hydrogen) atoms. The fourth-order valence-electron chi connectivity index (χ4n) is 2.34. The summed E-state index contributed by atoms with van der Waals surface area (Å²) in [5.41, 5.74) is 0.453. The average molecular weight is 343 g/mol. The van der Waals surface area contributed by atoms with Crippen LogP contribution >= 0.6 is 11.6 Å². The molecular formula is C14H10ClF3N4O. The lowest BCUT2D eigenvalue weighted by Crippen LogP contribution is -2.12. The Morgan fingerprint density at radius 1 is 1.26 bits per heavy atom. The number of halogens is 4. The summed E-state index contributed by atoms with van der Waals surface area (Å²) < 4.78 is 46.1. The first-order valence-electron chi connectivity index (χ1n) is 6.98. The molecule has 3 aromatic rings. The SMILES string of the molecule is FC(F)(F)c1nnc2c(OCC3CC3)nc3ccc(Cl)cc3n12. The maximum atomic E-state index is 13.2. The second-order valence-electron chi connectivity index (χ2n) is 5.48. The molecule has 0 N–H and O–H groups in total. The normalized spacial score (nSPS) is 15.5. The van der Waals surface area contributed by atoms with Crippen LogP contribution in [0.2, 0.25) is 5.02 Å². The molecular weight excluding hydrogens is 333 g/mol. The van der Waals surface area contributed by atoms with E-state index in [1.54, 1.807) is 12.1 Å². The van der Waals surface area contributed by atoms with E-state index in [4.69, 9.17) is 16.3 Å². The maximum absolute atomic E-state index is 13.2. The van der Waals surface area contributed by atoms with Gasteiger partial charge in [0.2, 0.25) is 11.5 Å². The van der Waals surface area contributed by atoms with Gasteiger partial charge in [-0.25, -0.2) is 4.98 Å². The van der Waals surface area contributed by atoms with Gasteiger partial charge in [0.05, 0.1) is 17.6 Å². The van der Waals surface area contributed by atoms with Crippen molar-refractivity contribution < 1.29 is 17.9 Å². The van der Waals surface area contributed by atoms with Gasteiger partial charge < -0.3 is 4.74 Å². The summed E-state index contributed by atoms with van der Waals surface area (Å²) in [7, 11) is 0. The first-order chi connectivity index (χ1) is 10.9. The molecule has 1 aliphatic carbocycles. The zero-order chi connectivity index (χ0) is 16.2. The van der Waals surface area contributed by atoms with Gasteiger partial charge in [-0.2, -0.15) is 13.2 Å². The predicted octanol–water partition coefficient (Wildman–Crippen LogP) is 3.74. The number of fused-ring (bicyclic) bond motifs is 3. The Labute approximate surface area is 133 Å². The van der Waals surface area contributed by atoms with Gasteiger partial charge in [0.15, 0.2) is 0 Å². The van der Waals surface area contributed by atoms with Crippen LogP contribution in [0.15, 0.2) is 18.2 Å². The van der Waals surface area contributed by atoms with Crippen LogP contribution in [-0.4, -0.2) is 26.2 Å². The van der Waals surface area contributed by atoms with Gasteiger partial charge in [-0.15, -0.1) is 10.2 Å².